The first-order chi connectivity index (χ1) is 9.26. The van der Waals surface area contributed by atoms with E-state index in [4.69, 9.17) is 0 Å². The number of hydrogen-bond acceptors (Lipinski definition) is 3. The predicted octanol–water partition coefficient (Wildman–Crippen LogP) is 2.22. The Labute approximate surface area is 109 Å². The van der Waals surface area contributed by atoms with Gasteiger partial charge < -0.3 is 9.73 Å². The molecule has 106 valence electrons. The number of halogens is 4. The Bertz CT molecular complexity index is 721. The molecule has 20 heavy (non-hydrogen) atoms. The van der Waals surface area contributed by atoms with Crippen molar-refractivity contribution in [1.29, 1.82) is 0 Å². The fourth-order valence-corrected chi connectivity index (χ4v) is 1.54. The first-order valence-corrected chi connectivity index (χ1v) is 5.34. The van der Waals surface area contributed by atoms with Gasteiger partial charge in [-0.05, 0) is 29.7 Å². The van der Waals surface area contributed by atoms with Crippen LogP contribution in [0.25, 0.3) is 10.8 Å². The lowest BCUT2D eigenvalue weighted by Gasteiger charge is -2.07. The molecule has 1 aromatic heterocycles. The van der Waals surface area contributed by atoms with Crippen molar-refractivity contribution < 1.29 is 26.8 Å². The molecule has 4 nitrogen and oxygen atoms in total. The molecule has 0 spiro atoms. The summed E-state index contributed by atoms with van der Waals surface area (Å²) in [6, 6.07) is 4.18. The Morgan fingerprint density at radius 1 is 1.25 bits per heavy atom. The van der Waals surface area contributed by atoms with Crippen LogP contribution in [0.5, 0.6) is 0 Å². The van der Waals surface area contributed by atoms with Crippen molar-refractivity contribution in [1.82, 2.24) is 5.32 Å². The van der Waals surface area contributed by atoms with Crippen molar-refractivity contribution >= 4 is 16.7 Å². The molecule has 0 aliphatic heterocycles. The molecule has 8 heteroatoms. The zero-order chi connectivity index (χ0) is 14.9. The van der Waals surface area contributed by atoms with Gasteiger partial charge in [0.1, 0.15) is 12.4 Å². The van der Waals surface area contributed by atoms with Crippen molar-refractivity contribution in [3.8, 4) is 0 Å². The minimum absolute atomic E-state index is 0.0266. The van der Waals surface area contributed by atoms with Crippen LogP contribution in [0.1, 0.15) is 10.6 Å². The number of nitrogens with one attached hydrogen (secondary N) is 1. The highest BCUT2D eigenvalue weighted by Crippen LogP contribution is 2.15. The van der Waals surface area contributed by atoms with Gasteiger partial charge >= 0.3 is 11.8 Å². The maximum absolute atomic E-state index is 13.0. The van der Waals surface area contributed by atoms with E-state index in [1.807, 2.05) is 0 Å². The van der Waals surface area contributed by atoms with E-state index in [1.54, 1.807) is 5.32 Å². The number of benzene rings is 1. The summed E-state index contributed by atoms with van der Waals surface area (Å²) in [7, 11) is 0. The van der Waals surface area contributed by atoms with Crippen LogP contribution < -0.4 is 10.9 Å². The van der Waals surface area contributed by atoms with Crippen molar-refractivity contribution in [2.24, 2.45) is 0 Å². The molecule has 0 aliphatic rings. The number of amides is 1. The highest BCUT2D eigenvalue weighted by molar-refractivity contribution is 5.95. The van der Waals surface area contributed by atoms with Crippen LogP contribution >= 0.6 is 0 Å². The van der Waals surface area contributed by atoms with Crippen LogP contribution in [-0.2, 0) is 0 Å². The van der Waals surface area contributed by atoms with Crippen LogP contribution in [-0.4, -0.2) is 18.6 Å². The molecule has 0 atom stereocenters. The predicted molar refractivity (Wildman–Crippen MR) is 60.8 cm³/mol. The summed E-state index contributed by atoms with van der Waals surface area (Å²) >= 11 is 0. The third kappa shape index (κ3) is 3.14. The van der Waals surface area contributed by atoms with Crippen molar-refractivity contribution in [2.45, 2.75) is 6.18 Å². The summed E-state index contributed by atoms with van der Waals surface area (Å²) in [6.07, 6.45) is -4.58. The zero-order valence-electron chi connectivity index (χ0n) is 9.75. The van der Waals surface area contributed by atoms with Gasteiger partial charge in [0, 0.05) is 0 Å². The molecule has 0 fully saturated rings. The van der Waals surface area contributed by atoms with E-state index in [1.165, 1.54) is 0 Å². The monoisotopic (exact) mass is 289 g/mol. The molecule has 1 amide bonds. The lowest BCUT2D eigenvalue weighted by molar-refractivity contribution is -0.123. The van der Waals surface area contributed by atoms with Gasteiger partial charge in [-0.2, -0.15) is 13.2 Å². The summed E-state index contributed by atoms with van der Waals surface area (Å²) in [5, 5.41) is 1.65. The van der Waals surface area contributed by atoms with Gasteiger partial charge in [0.2, 0.25) is 0 Å². The molecule has 1 aromatic carbocycles. The molecule has 1 N–H and O–H groups in total. The normalized spacial score (nSPS) is 11.6. The summed E-state index contributed by atoms with van der Waals surface area (Å²) in [5.41, 5.74) is -0.931. The lowest BCUT2D eigenvalue weighted by atomic mass is 10.1. The van der Waals surface area contributed by atoms with Crippen LogP contribution in [0.3, 0.4) is 0 Å². The fourth-order valence-electron chi connectivity index (χ4n) is 1.54. The topological polar surface area (TPSA) is 59.3 Å². The van der Waals surface area contributed by atoms with Crippen molar-refractivity contribution in [3.63, 3.8) is 0 Å². The molecular weight excluding hydrogens is 282 g/mol. The molecule has 2 aromatic rings. The molecule has 0 bridgehead atoms. The third-order valence-corrected chi connectivity index (χ3v) is 2.40. The van der Waals surface area contributed by atoms with Gasteiger partial charge in [-0.15, -0.1) is 0 Å². The van der Waals surface area contributed by atoms with Gasteiger partial charge in [-0.3, -0.25) is 4.79 Å². The van der Waals surface area contributed by atoms with Crippen LogP contribution in [0.15, 0.2) is 33.5 Å². The second-order valence-electron chi connectivity index (χ2n) is 3.93. The standard InChI is InChI=1S/C12H7F4NO3/c13-7-1-2-8-6(3-7)4-9(20-11(8)19)10(18)17-5-12(14,15)16/h1-4H,5H2,(H,17,18). The minimum Gasteiger partial charge on any atom is -0.417 e. The molecule has 1 heterocycles. The number of alkyl halides is 3. The molecule has 0 saturated heterocycles. The molecule has 0 unspecified atom stereocenters. The summed E-state index contributed by atoms with van der Waals surface area (Å²) in [4.78, 5) is 23.0. The first-order valence-electron chi connectivity index (χ1n) is 5.34. The largest absolute Gasteiger partial charge is 0.417 e. The van der Waals surface area contributed by atoms with Crippen molar-refractivity contribution in [3.05, 3.63) is 46.3 Å². The molecule has 2 rings (SSSR count). The van der Waals surface area contributed by atoms with Gasteiger partial charge in [-0.25, -0.2) is 9.18 Å². The van der Waals surface area contributed by atoms with E-state index in [0.717, 1.165) is 24.3 Å². The number of rotatable bonds is 2. The van der Waals surface area contributed by atoms with E-state index in [9.17, 15) is 27.2 Å². The maximum atomic E-state index is 13.0. The highest BCUT2D eigenvalue weighted by atomic mass is 19.4. The molecule has 0 saturated carbocycles. The molecular formula is C12H7F4NO3. The van der Waals surface area contributed by atoms with E-state index in [-0.39, 0.29) is 10.8 Å². The van der Waals surface area contributed by atoms with E-state index in [0.29, 0.717) is 0 Å². The third-order valence-electron chi connectivity index (χ3n) is 2.40. The smallest absolute Gasteiger partial charge is 0.405 e. The Kier molecular flexibility index (Phi) is 3.47. The Morgan fingerprint density at radius 2 is 1.95 bits per heavy atom. The summed E-state index contributed by atoms with van der Waals surface area (Å²) in [6.45, 7) is -1.56. The maximum Gasteiger partial charge on any atom is 0.405 e. The fraction of sp³-hybridized carbons (Fsp3) is 0.167. The van der Waals surface area contributed by atoms with E-state index in [2.05, 4.69) is 4.42 Å². The van der Waals surface area contributed by atoms with E-state index >= 15 is 0 Å². The zero-order valence-corrected chi connectivity index (χ0v) is 9.75. The average Bonchev–Trinajstić information content (AvgIpc) is 2.34. The van der Waals surface area contributed by atoms with Crippen LogP contribution in [0.4, 0.5) is 17.6 Å². The van der Waals surface area contributed by atoms with Gasteiger partial charge in [0.25, 0.3) is 5.91 Å². The quantitative estimate of drug-likeness (QED) is 0.862. The SMILES string of the molecule is O=C(NCC(F)(F)F)c1cc2cc(F)ccc2c(=O)o1. The average molecular weight is 289 g/mol. The highest BCUT2D eigenvalue weighted by Gasteiger charge is 2.28. The van der Waals surface area contributed by atoms with Crippen molar-refractivity contribution in [2.75, 3.05) is 6.54 Å². The molecule has 0 radical (unpaired) electrons. The van der Waals surface area contributed by atoms with Crippen LogP contribution in [0.2, 0.25) is 0 Å². The molecule has 0 aliphatic carbocycles. The van der Waals surface area contributed by atoms with Gasteiger partial charge in [0.15, 0.2) is 5.76 Å². The second kappa shape index (κ2) is 4.95. The number of carbonyl (C=O) groups is 1. The first kappa shape index (κ1) is 14.0. The van der Waals surface area contributed by atoms with Gasteiger partial charge in [-0.1, -0.05) is 0 Å². The lowest BCUT2D eigenvalue weighted by Crippen LogP contribution is -2.34. The Balaban J connectivity index is 2.35. The van der Waals surface area contributed by atoms with Crippen LogP contribution in [0, 0.1) is 5.82 Å². The summed E-state index contributed by atoms with van der Waals surface area (Å²) < 4.78 is 53.5. The number of fused-ring (bicyclic) bond motifs is 1. The summed E-state index contributed by atoms with van der Waals surface area (Å²) in [5.74, 6) is -2.47. The Morgan fingerprint density at radius 3 is 2.60 bits per heavy atom. The number of carbonyl (C=O) groups excluding carboxylic acids is 1. The number of hydrogen-bond donors (Lipinski definition) is 1. The van der Waals surface area contributed by atoms with Gasteiger partial charge in [0.05, 0.1) is 5.39 Å². The van der Waals surface area contributed by atoms with E-state index < -0.39 is 35.8 Å². The Hall–Kier alpha value is -2.38. The minimum atomic E-state index is -4.58. The second-order valence-corrected chi connectivity index (χ2v) is 3.93.